The third-order valence-corrected chi connectivity index (χ3v) is 5.58. The Bertz CT molecular complexity index is 1110. The van der Waals surface area contributed by atoms with Gasteiger partial charge in [0.15, 0.2) is 5.69 Å². The van der Waals surface area contributed by atoms with Gasteiger partial charge in [0.05, 0.1) is 14.7 Å². The van der Waals surface area contributed by atoms with E-state index in [-0.39, 0.29) is 5.91 Å². The molecule has 7 heteroatoms. The maximum Gasteiger partial charge on any atom is 0.277 e. The molecule has 2 aromatic carbocycles. The van der Waals surface area contributed by atoms with Crippen molar-refractivity contribution < 1.29 is 4.79 Å². The summed E-state index contributed by atoms with van der Waals surface area (Å²) in [6.07, 6.45) is 1.74. The quantitative estimate of drug-likeness (QED) is 0.500. The van der Waals surface area contributed by atoms with Crippen molar-refractivity contribution in [3.63, 3.8) is 0 Å². The lowest BCUT2D eigenvalue weighted by Crippen LogP contribution is -2.13. The molecule has 0 unspecified atom stereocenters. The minimum Gasteiger partial charge on any atom is -0.321 e. The normalized spacial score (nSPS) is 11.0. The molecule has 0 saturated heterocycles. The molecule has 2 aromatic heterocycles. The predicted molar refractivity (Wildman–Crippen MR) is 109 cm³/mol. The average molecular weight is 427 g/mol. The number of carbonyl (C=O) groups excluding carboxylic acids is 1. The summed E-state index contributed by atoms with van der Waals surface area (Å²) in [6, 6.07) is 13.9. The number of fused-ring (bicyclic) bond motifs is 1. The van der Waals surface area contributed by atoms with Crippen LogP contribution in [0, 0.1) is 6.92 Å². The molecule has 0 atom stereocenters. The second-order valence-electron chi connectivity index (χ2n) is 6.02. The standard InChI is InChI=1S/C19H15BrN4OS/c1-11-3-8-15-16(9-11)26-19(22-15)12-4-6-13(7-5-12)21-18(25)17-14(20)10-24(2)23-17/h3-10H,1-2H3,(H,21,25). The first kappa shape index (κ1) is 16.9. The summed E-state index contributed by atoms with van der Waals surface area (Å²) in [5, 5.41) is 7.98. The number of halogens is 1. The van der Waals surface area contributed by atoms with Gasteiger partial charge in [0.1, 0.15) is 5.01 Å². The molecule has 2 heterocycles. The lowest BCUT2D eigenvalue weighted by atomic mass is 10.2. The van der Waals surface area contributed by atoms with Crippen molar-refractivity contribution in [3.8, 4) is 10.6 Å². The zero-order chi connectivity index (χ0) is 18.3. The molecule has 0 aliphatic rings. The van der Waals surface area contributed by atoms with Crippen LogP contribution < -0.4 is 5.32 Å². The summed E-state index contributed by atoms with van der Waals surface area (Å²) < 4.78 is 3.44. The first-order valence-corrected chi connectivity index (χ1v) is 9.59. The predicted octanol–water partition coefficient (Wildman–Crippen LogP) is 5.02. The molecule has 0 fully saturated rings. The second-order valence-corrected chi connectivity index (χ2v) is 7.91. The smallest absolute Gasteiger partial charge is 0.277 e. The summed E-state index contributed by atoms with van der Waals surface area (Å²) in [5.74, 6) is -0.249. The number of thiazole rings is 1. The number of amides is 1. The number of nitrogens with zero attached hydrogens (tertiary/aromatic N) is 3. The summed E-state index contributed by atoms with van der Waals surface area (Å²) in [6.45, 7) is 2.08. The van der Waals surface area contributed by atoms with Gasteiger partial charge in [-0.2, -0.15) is 5.10 Å². The molecule has 4 aromatic rings. The number of anilines is 1. The van der Waals surface area contributed by atoms with Crippen molar-refractivity contribution >= 4 is 49.1 Å². The van der Waals surface area contributed by atoms with E-state index in [1.807, 2.05) is 30.3 Å². The van der Waals surface area contributed by atoms with Crippen LogP contribution in [0.4, 0.5) is 5.69 Å². The van der Waals surface area contributed by atoms with E-state index in [1.165, 1.54) is 10.3 Å². The van der Waals surface area contributed by atoms with Crippen LogP contribution in [0.5, 0.6) is 0 Å². The number of carbonyl (C=O) groups is 1. The minimum atomic E-state index is -0.249. The number of aromatic nitrogens is 3. The van der Waals surface area contributed by atoms with Crippen molar-refractivity contribution in [1.82, 2.24) is 14.8 Å². The zero-order valence-electron chi connectivity index (χ0n) is 14.2. The molecule has 130 valence electrons. The molecule has 0 bridgehead atoms. The topological polar surface area (TPSA) is 59.8 Å². The van der Waals surface area contributed by atoms with Crippen LogP contribution in [0.15, 0.2) is 53.1 Å². The fourth-order valence-electron chi connectivity index (χ4n) is 2.66. The van der Waals surface area contributed by atoms with Crippen LogP contribution in [0.25, 0.3) is 20.8 Å². The Hall–Kier alpha value is -2.51. The molecule has 26 heavy (non-hydrogen) atoms. The van der Waals surface area contributed by atoms with E-state index in [0.29, 0.717) is 15.9 Å². The van der Waals surface area contributed by atoms with Crippen LogP contribution in [-0.2, 0) is 7.05 Å². The lowest BCUT2D eigenvalue weighted by Gasteiger charge is -2.04. The van der Waals surface area contributed by atoms with Crippen molar-refractivity contribution in [2.45, 2.75) is 6.92 Å². The van der Waals surface area contributed by atoms with Crippen LogP contribution in [0.1, 0.15) is 16.1 Å². The van der Waals surface area contributed by atoms with E-state index in [1.54, 1.807) is 29.3 Å². The van der Waals surface area contributed by atoms with E-state index >= 15 is 0 Å². The molecule has 0 radical (unpaired) electrons. The fourth-order valence-corrected chi connectivity index (χ4v) is 4.28. The van der Waals surface area contributed by atoms with Gasteiger partial charge in [-0.1, -0.05) is 6.07 Å². The highest BCUT2D eigenvalue weighted by atomic mass is 79.9. The third-order valence-electron chi connectivity index (χ3n) is 3.93. The van der Waals surface area contributed by atoms with Gasteiger partial charge in [0.25, 0.3) is 5.91 Å². The minimum absolute atomic E-state index is 0.249. The monoisotopic (exact) mass is 426 g/mol. The molecule has 0 aliphatic carbocycles. The first-order chi connectivity index (χ1) is 12.5. The summed E-state index contributed by atoms with van der Waals surface area (Å²) in [4.78, 5) is 17.0. The molecule has 5 nitrogen and oxygen atoms in total. The molecule has 1 N–H and O–H groups in total. The van der Waals surface area contributed by atoms with Crippen LogP contribution in [0.3, 0.4) is 0 Å². The molecule has 0 saturated carbocycles. The van der Waals surface area contributed by atoms with Crippen molar-refractivity contribution in [1.29, 1.82) is 0 Å². The molecular weight excluding hydrogens is 412 g/mol. The molecule has 0 spiro atoms. The van der Waals surface area contributed by atoms with Gasteiger partial charge in [-0.25, -0.2) is 4.98 Å². The third kappa shape index (κ3) is 3.27. The van der Waals surface area contributed by atoms with E-state index in [2.05, 4.69) is 50.4 Å². The van der Waals surface area contributed by atoms with Gasteiger partial charge >= 0.3 is 0 Å². The SMILES string of the molecule is Cc1ccc2nc(-c3ccc(NC(=O)c4nn(C)cc4Br)cc3)sc2c1. The Morgan fingerprint density at radius 3 is 2.65 bits per heavy atom. The van der Waals surface area contributed by atoms with Crippen LogP contribution >= 0.6 is 27.3 Å². The maximum atomic E-state index is 12.3. The van der Waals surface area contributed by atoms with Gasteiger partial charge in [-0.3, -0.25) is 9.48 Å². The zero-order valence-corrected chi connectivity index (χ0v) is 16.6. The van der Waals surface area contributed by atoms with Crippen LogP contribution in [-0.4, -0.2) is 20.7 Å². The first-order valence-electron chi connectivity index (χ1n) is 7.98. The highest BCUT2D eigenvalue weighted by Gasteiger charge is 2.14. The van der Waals surface area contributed by atoms with Gasteiger partial charge in [-0.05, 0) is 64.8 Å². The van der Waals surface area contributed by atoms with Gasteiger partial charge in [-0.15, -0.1) is 11.3 Å². The number of hydrogen-bond acceptors (Lipinski definition) is 4. The molecular formula is C19H15BrN4OS. The number of benzene rings is 2. The number of hydrogen-bond donors (Lipinski definition) is 1. The maximum absolute atomic E-state index is 12.3. The Morgan fingerprint density at radius 2 is 1.96 bits per heavy atom. The Kier molecular flexibility index (Phi) is 4.34. The summed E-state index contributed by atoms with van der Waals surface area (Å²) in [7, 11) is 1.77. The Morgan fingerprint density at radius 1 is 1.19 bits per heavy atom. The molecule has 1 amide bonds. The second kappa shape index (κ2) is 6.66. The summed E-state index contributed by atoms with van der Waals surface area (Å²) >= 11 is 5.01. The Labute approximate surface area is 162 Å². The number of aryl methyl sites for hydroxylation is 2. The number of nitrogens with one attached hydrogen (secondary N) is 1. The van der Waals surface area contributed by atoms with E-state index in [0.717, 1.165) is 16.1 Å². The van der Waals surface area contributed by atoms with E-state index < -0.39 is 0 Å². The van der Waals surface area contributed by atoms with E-state index in [4.69, 9.17) is 0 Å². The number of rotatable bonds is 3. The highest BCUT2D eigenvalue weighted by molar-refractivity contribution is 9.10. The van der Waals surface area contributed by atoms with Crippen LogP contribution in [0.2, 0.25) is 0 Å². The van der Waals surface area contributed by atoms with Gasteiger partial charge in [0, 0.05) is 24.5 Å². The lowest BCUT2D eigenvalue weighted by molar-refractivity contribution is 0.102. The van der Waals surface area contributed by atoms with E-state index in [9.17, 15) is 4.79 Å². The molecule has 4 rings (SSSR count). The van der Waals surface area contributed by atoms with Crippen molar-refractivity contribution in [2.24, 2.45) is 7.05 Å². The van der Waals surface area contributed by atoms with Gasteiger partial charge < -0.3 is 5.32 Å². The fraction of sp³-hybridized carbons (Fsp3) is 0.105. The van der Waals surface area contributed by atoms with Gasteiger partial charge in [0.2, 0.25) is 0 Å². The Balaban J connectivity index is 1.56. The average Bonchev–Trinajstić information content (AvgIpc) is 3.17. The van der Waals surface area contributed by atoms with Crippen molar-refractivity contribution in [3.05, 3.63) is 64.4 Å². The highest BCUT2D eigenvalue weighted by Crippen LogP contribution is 2.31. The molecule has 0 aliphatic heterocycles. The summed E-state index contributed by atoms with van der Waals surface area (Å²) in [5.41, 5.74) is 4.34. The van der Waals surface area contributed by atoms with Crippen molar-refractivity contribution in [2.75, 3.05) is 5.32 Å². The largest absolute Gasteiger partial charge is 0.321 e.